The Bertz CT molecular complexity index is 499. The van der Waals surface area contributed by atoms with E-state index in [1.54, 1.807) is 11.3 Å². The number of nitrogens with one attached hydrogen (secondary N) is 1. The molecule has 3 heterocycles. The molecule has 0 aromatic carbocycles. The minimum absolute atomic E-state index is 0.869. The van der Waals surface area contributed by atoms with E-state index in [1.807, 2.05) is 19.1 Å². The summed E-state index contributed by atoms with van der Waals surface area (Å²) in [6, 6.07) is 3.96. The van der Waals surface area contributed by atoms with Gasteiger partial charge in [-0.2, -0.15) is 0 Å². The number of hydrogen-bond donors (Lipinski definition) is 1. The molecule has 1 aliphatic rings. The first-order valence-electron chi connectivity index (χ1n) is 5.81. The van der Waals surface area contributed by atoms with Gasteiger partial charge in [0.1, 0.15) is 11.6 Å². The summed E-state index contributed by atoms with van der Waals surface area (Å²) in [6.07, 6.45) is 0. The average Bonchev–Trinajstić information content (AvgIpc) is 2.98. The van der Waals surface area contributed by atoms with Crippen LogP contribution >= 0.6 is 11.3 Å². The fourth-order valence-corrected chi connectivity index (χ4v) is 2.76. The second kappa shape index (κ2) is 4.50. The Labute approximate surface area is 104 Å². The monoisotopic (exact) mass is 249 g/mol. The summed E-state index contributed by atoms with van der Waals surface area (Å²) >= 11 is 1.64. The van der Waals surface area contributed by atoms with Gasteiger partial charge in [0.2, 0.25) is 0 Å². The Morgan fingerprint density at radius 3 is 2.88 bits per heavy atom. The van der Waals surface area contributed by atoms with Crippen LogP contribution in [0.2, 0.25) is 0 Å². The van der Waals surface area contributed by atoms with E-state index in [9.17, 15) is 0 Å². The minimum atomic E-state index is 0.869. The Morgan fingerprint density at radius 2 is 2.18 bits per heavy atom. The second-order valence-electron chi connectivity index (χ2n) is 4.16. The van der Waals surface area contributed by atoms with Crippen LogP contribution in [-0.4, -0.2) is 31.2 Å². The van der Waals surface area contributed by atoms with E-state index in [2.05, 4.69) is 20.6 Å². The van der Waals surface area contributed by atoms with Crippen molar-refractivity contribution in [3.63, 3.8) is 0 Å². The van der Waals surface area contributed by atoms with Gasteiger partial charge in [-0.15, -0.1) is 11.3 Å². The summed E-state index contributed by atoms with van der Waals surface area (Å²) in [5.74, 6) is 2.87. The van der Waals surface area contributed by atoms with Crippen LogP contribution < -0.4 is 10.2 Å². The largest absolute Gasteiger partial charge is 0.459 e. The van der Waals surface area contributed by atoms with Crippen molar-refractivity contribution in [2.75, 3.05) is 31.1 Å². The maximum atomic E-state index is 5.59. The third kappa shape index (κ3) is 2.21. The fourth-order valence-electron chi connectivity index (χ4n) is 1.97. The number of furan rings is 1. The van der Waals surface area contributed by atoms with Gasteiger partial charge in [0, 0.05) is 31.6 Å². The lowest BCUT2D eigenvalue weighted by Crippen LogP contribution is -2.43. The quantitative estimate of drug-likeness (QED) is 0.885. The summed E-state index contributed by atoms with van der Waals surface area (Å²) in [5, 5.41) is 6.42. The molecule has 1 N–H and O–H groups in total. The molecule has 1 aliphatic heterocycles. The van der Waals surface area contributed by atoms with E-state index in [1.165, 1.54) is 0 Å². The summed E-state index contributed by atoms with van der Waals surface area (Å²) < 4.78 is 5.59. The first-order chi connectivity index (χ1) is 8.33. The highest BCUT2D eigenvalue weighted by Crippen LogP contribution is 2.29. The smallest absolute Gasteiger partial charge is 0.162 e. The molecule has 0 saturated carbocycles. The molecule has 0 atom stereocenters. The zero-order chi connectivity index (χ0) is 11.7. The average molecular weight is 249 g/mol. The summed E-state index contributed by atoms with van der Waals surface area (Å²) in [5.41, 5.74) is 0. The summed E-state index contributed by atoms with van der Waals surface area (Å²) in [4.78, 5) is 6.95. The number of hydrogen-bond acceptors (Lipinski definition) is 5. The third-order valence-electron chi connectivity index (χ3n) is 2.88. The molecule has 0 radical (unpaired) electrons. The predicted molar refractivity (Wildman–Crippen MR) is 69.6 cm³/mol. The van der Waals surface area contributed by atoms with Crippen molar-refractivity contribution < 1.29 is 4.42 Å². The first-order valence-corrected chi connectivity index (χ1v) is 6.69. The molecule has 2 aromatic rings. The molecule has 0 unspecified atom stereocenters. The number of piperazine rings is 1. The molecule has 4 nitrogen and oxygen atoms in total. The fraction of sp³-hybridized carbons (Fsp3) is 0.417. The minimum Gasteiger partial charge on any atom is -0.459 e. The van der Waals surface area contributed by atoms with Gasteiger partial charge in [-0.05, 0) is 19.1 Å². The molecule has 2 aromatic heterocycles. The molecule has 17 heavy (non-hydrogen) atoms. The van der Waals surface area contributed by atoms with Gasteiger partial charge in [0.15, 0.2) is 10.8 Å². The topological polar surface area (TPSA) is 41.3 Å². The number of thiazole rings is 1. The lowest BCUT2D eigenvalue weighted by Gasteiger charge is -2.27. The summed E-state index contributed by atoms with van der Waals surface area (Å²) in [7, 11) is 0. The molecule has 0 spiro atoms. The zero-order valence-corrected chi connectivity index (χ0v) is 10.6. The number of nitrogens with zero attached hydrogens (tertiary/aromatic N) is 2. The highest BCUT2D eigenvalue weighted by atomic mass is 32.1. The number of anilines is 1. The van der Waals surface area contributed by atoms with Crippen LogP contribution in [0.4, 0.5) is 5.82 Å². The Kier molecular flexibility index (Phi) is 2.86. The van der Waals surface area contributed by atoms with Gasteiger partial charge >= 0.3 is 0 Å². The number of aryl methyl sites for hydroxylation is 1. The van der Waals surface area contributed by atoms with Gasteiger partial charge < -0.3 is 14.6 Å². The van der Waals surface area contributed by atoms with Gasteiger partial charge in [0.25, 0.3) is 0 Å². The SMILES string of the molecule is Cc1ccc(-c2nc(N3CCNCC3)cs2)o1. The van der Waals surface area contributed by atoms with Crippen molar-refractivity contribution in [2.24, 2.45) is 0 Å². The molecule has 0 bridgehead atoms. The summed E-state index contributed by atoms with van der Waals surface area (Å²) in [6.45, 7) is 6.08. The van der Waals surface area contributed by atoms with E-state index < -0.39 is 0 Å². The molecule has 3 rings (SSSR count). The highest BCUT2D eigenvalue weighted by Gasteiger charge is 2.15. The molecular weight excluding hydrogens is 234 g/mol. The van der Waals surface area contributed by atoms with Gasteiger partial charge in [-0.25, -0.2) is 4.98 Å². The van der Waals surface area contributed by atoms with Crippen LogP contribution in [0, 0.1) is 6.92 Å². The lowest BCUT2D eigenvalue weighted by atomic mass is 10.4. The molecule has 5 heteroatoms. The van der Waals surface area contributed by atoms with Crippen molar-refractivity contribution in [3.8, 4) is 10.8 Å². The normalized spacial score (nSPS) is 16.4. The van der Waals surface area contributed by atoms with Crippen molar-refractivity contribution in [2.45, 2.75) is 6.92 Å². The van der Waals surface area contributed by atoms with Crippen molar-refractivity contribution >= 4 is 17.2 Å². The Hall–Kier alpha value is -1.33. The van der Waals surface area contributed by atoms with E-state index in [0.29, 0.717) is 0 Å². The maximum Gasteiger partial charge on any atom is 0.162 e. The van der Waals surface area contributed by atoms with Crippen LogP contribution in [-0.2, 0) is 0 Å². The maximum absolute atomic E-state index is 5.59. The van der Waals surface area contributed by atoms with Crippen LogP contribution in [0.25, 0.3) is 10.8 Å². The van der Waals surface area contributed by atoms with Gasteiger partial charge in [-0.1, -0.05) is 0 Å². The molecule has 1 saturated heterocycles. The molecule has 0 amide bonds. The van der Waals surface area contributed by atoms with Crippen molar-refractivity contribution in [3.05, 3.63) is 23.3 Å². The Balaban J connectivity index is 1.82. The van der Waals surface area contributed by atoms with Crippen LogP contribution in [0.1, 0.15) is 5.76 Å². The molecule has 0 aliphatic carbocycles. The van der Waals surface area contributed by atoms with Crippen LogP contribution in [0.5, 0.6) is 0 Å². The number of aromatic nitrogens is 1. The van der Waals surface area contributed by atoms with Crippen LogP contribution in [0.3, 0.4) is 0 Å². The predicted octanol–water partition coefficient (Wildman–Crippen LogP) is 2.12. The molecular formula is C12H15N3OS. The first kappa shape index (κ1) is 10.8. The Morgan fingerprint density at radius 1 is 1.35 bits per heavy atom. The standard InChI is InChI=1S/C12H15N3OS/c1-9-2-3-10(16-9)12-14-11(8-17-12)15-6-4-13-5-7-15/h2-3,8,13H,4-7H2,1H3. The molecule has 1 fully saturated rings. The van der Waals surface area contributed by atoms with E-state index in [0.717, 1.165) is 48.5 Å². The van der Waals surface area contributed by atoms with Crippen molar-refractivity contribution in [1.82, 2.24) is 10.3 Å². The number of rotatable bonds is 2. The van der Waals surface area contributed by atoms with Crippen LogP contribution in [0.15, 0.2) is 21.9 Å². The van der Waals surface area contributed by atoms with Gasteiger partial charge in [0.05, 0.1) is 0 Å². The van der Waals surface area contributed by atoms with Crippen molar-refractivity contribution in [1.29, 1.82) is 0 Å². The van der Waals surface area contributed by atoms with E-state index in [4.69, 9.17) is 4.42 Å². The zero-order valence-electron chi connectivity index (χ0n) is 9.77. The lowest BCUT2D eigenvalue weighted by molar-refractivity contribution is 0.547. The molecule has 90 valence electrons. The van der Waals surface area contributed by atoms with E-state index >= 15 is 0 Å². The van der Waals surface area contributed by atoms with E-state index in [-0.39, 0.29) is 0 Å². The highest BCUT2D eigenvalue weighted by molar-refractivity contribution is 7.13. The third-order valence-corrected chi connectivity index (χ3v) is 3.73. The second-order valence-corrected chi connectivity index (χ2v) is 5.02. The van der Waals surface area contributed by atoms with Gasteiger partial charge in [-0.3, -0.25) is 0 Å².